The zero-order valence-corrected chi connectivity index (χ0v) is 11.0. The number of rotatable bonds is 4. The summed E-state index contributed by atoms with van der Waals surface area (Å²) < 4.78 is 0. The molecule has 0 aromatic carbocycles. The number of carbonyl (C=O) groups is 1. The Balaban J connectivity index is 1.86. The molecule has 1 saturated heterocycles. The maximum Gasteiger partial charge on any atom is 0.223 e. The first-order valence-electron chi connectivity index (χ1n) is 6.63. The van der Waals surface area contributed by atoms with Gasteiger partial charge >= 0.3 is 0 Å². The Labute approximate surface area is 112 Å². The second-order valence-corrected chi connectivity index (χ2v) is 5.16. The van der Waals surface area contributed by atoms with Gasteiger partial charge in [0.2, 0.25) is 5.91 Å². The maximum atomic E-state index is 12.1. The lowest BCUT2D eigenvalue weighted by molar-refractivity contribution is -0.140. The molecule has 0 spiro atoms. The smallest absolute Gasteiger partial charge is 0.223 e. The molecule has 0 saturated carbocycles. The van der Waals surface area contributed by atoms with Crippen molar-refractivity contribution in [1.82, 2.24) is 9.88 Å². The number of hydrogen-bond donors (Lipinski definition) is 2. The molecular weight excluding hydrogens is 244 g/mol. The number of aliphatic hydroxyl groups excluding tert-OH is 1. The third-order valence-electron chi connectivity index (χ3n) is 3.55. The molecule has 104 valence electrons. The molecule has 1 aromatic rings. The maximum absolute atomic E-state index is 12.1. The minimum Gasteiger partial charge on any atom is -0.393 e. The first-order valence-corrected chi connectivity index (χ1v) is 6.63. The number of nitrogens with zero attached hydrogens (tertiary/aromatic N) is 2. The van der Waals surface area contributed by atoms with Crippen molar-refractivity contribution in [3.63, 3.8) is 0 Å². The van der Waals surface area contributed by atoms with Gasteiger partial charge in [-0.15, -0.1) is 0 Å². The van der Waals surface area contributed by atoms with Crippen molar-refractivity contribution in [1.29, 1.82) is 0 Å². The summed E-state index contributed by atoms with van der Waals surface area (Å²) in [6.45, 7) is 0.600. The average Bonchev–Trinajstić information content (AvgIpc) is 2.46. The predicted molar refractivity (Wildman–Crippen MR) is 70.4 cm³/mol. The molecule has 1 aliphatic heterocycles. The Hall–Kier alpha value is -1.46. The summed E-state index contributed by atoms with van der Waals surface area (Å²) in [6.07, 6.45) is 5.81. The number of piperidine rings is 1. The van der Waals surface area contributed by atoms with Crippen molar-refractivity contribution in [2.75, 3.05) is 19.7 Å². The van der Waals surface area contributed by atoms with Crippen molar-refractivity contribution in [2.24, 2.45) is 0 Å². The van der Waals surface area contributed by atoms with Gasteiger partial charge in [0.15, 0.2) is 0 Å². The van der Waals surface area contributed by atoms with Gasteiger partial charge in [0.25, 0.3) is 0 Å². The standard InChI is InChI=1S/C14H20N2O3/c17-11-14(19)6-2-8-16(10-14)13(18)5-4-12-3-1-7-15-9-12/h1,3,7,9,17,19H,2,4-6,8,10-11H2/t14-/m1/s1. The number of aryl methyl sites for hydroxylation is 1. The molecule has 1 aromatic heterocycles. The van der Waals surface area contributed by atoms with Crippen LogP contribution in [0.5, 0.6) is 0 Å². The molecule has 19 heavy (non-hydrogen) atoms. The van der Waals surface area contributed by atoms with E-state index in [0.717, 1.165) is 12.0 Å². The van der Waals surface area contributed by atoms with Crippen LogP contribution >= 0.6 is 0 Å². The lowest BCUT2D eigenvalue weighted by atomic mass is 9.93. The summed E-state index contributed by atoms with van der Waals surface area (Å²) >= 11 is 0. The van der Waals surface area contributed by atoms with E-state index in [-0.39, 0.29) is 19.1 Å². The second kappa shape index (κ2) is 6.12. The highest BCUT2D eigenvalue weighted by Crippen LogP contribution is 2.21. The number of pyridine rings is 1. The van der Waals surface area contributed by atoms with Crippen LogP contribution in [0.25, 0.3) is 0 Å². The van der Waals surface area contributed by atoms with E-state index in [1.54, 1.807) is 17.3 Å². The van der Waals surface area contributed by atoms with E-state index < -0.39 is 5.60 Å². The van der Waals surface area contributed by atoms with E-state index in [9.17, 15) is 9.90 Å². The van der Waals surface area contributed by atoms with Crippen LogP contribution in [-0.2, 0) is 11.2 Å². The van der Waals surface area contributed by atoms with E-state index >= 15 is 0 Å². The van der Waals surface area contributed by atoms with Gasteiger partial charge in [-0.05, 0) is 30.9 Å². The lowest BCUT2D eigenvalue weighted by Gasteiger charge is -2.38. The van der Waals surface area contributed by atoms with Gasteiger partial charge in [-0.25, -0.2) is 0 Å². The van der Waals surface area contributed by atoms with Crippen LogP contribution in [-0.4, -0.2) is 51.3 Å². The van der Waals surface area contributed by atoms with Crippen LogP contribution in [0, 0.1) is 0 Å². The summed E-state index contributed by atoms with van der Waals surface area (Å²) in [5, 5.41) is 19.2. The highest BCUT2D eigenvalue weighted by atomic mass is 16.3. The zero-order chi connectivity index (χ0) is 13.7. The van der Waals surface area contributed by atoms with Crippen molar-refractivity contribution in [3.8, 4) is 0 Å². The summed E-state index contributed by atoms with van der Waals surface area (Å²) in [5.41, 5.74) is -0.0901. The summed E-state index contributed by atoms with van der Waals surface area (Å²) in [7, 11) is 0. The molecule has 2 N–H and O–H groups in total. The Morgan fingerprint density at radius 3 is 3.05 bits per heavy atom. The van der Waals surface area contributed by atoms with Gasteiger partial charge in [0.05, 0.1) is 13.2 Å². The molecule has 5 nitrogen and oxygen atoms in total. The van der Waals surface area contributed by atoms with Crippen molar-refractivity contribution >= 4 is 5.91 Å². The van der Waals surface area contributed by atoms with Gasteiger partial charge in [0.1, 0.15) is 5.60 Å². The fourth-order valence-electron chi connectivity index (χ4n) is 2.41. The molecule has 1 aliphatic rings. The first-order chi connectivity index (χ1) is 9.13. The minimum atomic E-state index is -1.12. The monoisotopic (exact) mass is 264 g/mol. The van der Waals surface area contributed by atoms with E-state index in [2.05, 4.69) is 4.98 Å². The lowest BCUT2D eigenvalue weighted by Crippen LogP contribution is -2.52. The van der Waals surface area contributed by atoms with E-state index in [0.29, 0.717) is 25.8 Å². The topological polar surface area (TPSA) is 73.7 Å². The van der Waals surface area contributed by atoms with Crippen LogP contribution in [0.2, 0.25) is 0 Å². The van der Waals surface area contributed by atoms with Crippen LogP contribution in [0.1, 0.15) is 24.8 Å². The Kier molecular flexibility index (Phi) is 4.50. The molecule has 2 rings (SSSR count). The summed E-state index contributed by atoms with van der Waals surface area (Å²) in [4.78, 5) is 17.8. The van der Waals surface area contributed by atoms with Gasteiger partial charge in [-0.1, -0.05) is 6.07 Å². The van der Waals surface area contributed by atoms with Gasteiger partial charge < -0.3 is 15.1 Å². The van der Waals surface area contributed by atoms with Crippen molar-refractivity contribution in [3.05, 3.63) is 30.1 Å². The quantitative estimate of drug-likeness (QED) is 0.823. The van der Waals surface area contributed by atoms with Gasteiger partial charge in [-0.3, -0.25) is 9.78 Å². The fraction of sp³-hybridized carbons (Fsp3) is 0.571. The van der Waals surface area contributed by atoms with Crippen LogP contribution < -0.4 is 0 Å². The van der Waals surface area contributed by atoms with Crippen molar-refractivity contribution < 1.29 is 15.0 Å². The fourth-order valence-corrected chi connectivity index (χ4v) is 2.41. The van der Waals surface area contributed by atoms with E-state index in [1.807, 2.05) is 12.1 Å². The molecular formula is C14H20N2O3. The SMILES string of the molecule is O=C(CCc1cccnc1)N1CCC[C@](O)(CO)C1. The third kappa shape index (κ3) is 3.75. The number of amides is 1. The minimum absolute atomic E-state index is 0.0235. The highest BCUT2D eigenvalue weighted by Gasteiger charge is 2.34. The predicted octanol–water partition coefficient (Wildman–Crippen LogP) is 0.360. The van der Waals surface area contributed by atoms with E-state index in [1.165, 1.54) is 0 Å². The highest BCUT2D eigenvalue weighted by molar-refractivity contribution is 5.76. The van der Waals surface area contributed by atoms with Crippen LogP contribution in [0.4, 0.5) is 0 Å². The van der Waals surface area contributed by atoms with Gasteiger partial charge in [-0.2, -0.15) is 0 Å². The first kappa shape index (κ1) is 14.0. The molecule has 0 unspecified atom stereocenters. The summed E-state index contributed by atoms with van der Waals surface area (Å²) in [6, 6.07) is 3.80. The number of hydrogen-bond acceptors (Lipinski definition) is 4. The Morgan fingerprint density at radius 1 is 1.53 bits per heavy atom. The largest absolute Gasteiger partial charge is 0.393 e. The number of β-amino-alcohol motifs (C(OH)–C–C–N with tert-alkyl or cyclic N) is 1. The number of likely N-dealkylation sites (tertiary alicyclic amines) is 1. The van der Waals surface area contributed by atoms with Gasteiger partial charge in [0, 0.05) is 25.4 Å². The number of aromatic nitrogens is 1. The molecule has 0 bridgehead atoms. The Bertz CT molecular complexity index is 424. The Morgan fingerprint density at radius 2 is 2.37 bits per heavy atom. The van der Waals surface area contributed by atoms with Crippen molar-refractivity contribution in [2.45, 2.75) is 31.3 Å². The van der Waals surface area contributed by atoms with Crippen LogP contribution in [0.15, 0.2) is 24.5 Å². The number of aliphatic hydroxyl groups is 2. The third-order valence-corrected chi connectivity index (χ3v) is 3.55. The normalized spacial score (nSPS) is 23.4. The second-order valence-electron chi connectivity index (χ2n) is 5.16. The molecule has 0 radical (unpaired) electrons. The molecule has 1 atom stereocenters. The molecule has 5 heteroatoms. The molecule has 2 heterocycles. The molecule has 0 aliphatic carbocycles. The molecule has 1 amide bonds. The zero-order valence-electron chi connectivity index (χ0n) is 11.0. The van der Waals surface area contributed by atoms with Crippen LogP contribution in [0.3, 0.4) is 0 Å². The average molecular weight is 264 g/mol. The number of carbonyl (C=O) groups excluding carboxylic acids is 1. The summed E-state index contributed by atoms with van der Waals surface area (Å²) in [5.74, 6) is 0.0235. The van der Waals surface area contributed by atoms with E-state index in [4.69, 9.17) is 5.11 Å². The molecule has 1 fully saturated rings.